The van der Waals surface area contributed by atoms with Crippen molar-refractivity contribution in [1.29, 1.82) is 5.26 Å². The van der Waals surface area contributed by atoms with Crippen LogP contribution in [0.2, 0.25) is 0 Å². The number of amides is 2. The zero-order valence-electron chi connectivity index (χ0n) is 15.8. The Labute approximate surface area is 169 Å². The van der Waals surface area contributed by atoms with Gasteiger partial charge < -0.3 is 10.2 Å². The first-order valence-electron chi connectivity index (χ1n) is 9.45. The number of benzene rings is 1. The maximum atomic E-state index is 12.5. The zero-order chi connectivity index (χ0) is 19.8. The van der Waals surface area contributed by atoms with E-state index in [9.17, 15) is 9.59 Å². The monoisotopic (exact) mass is 396 g/mol. The summed E-state index contributed by atoms with van der Waals surface area (Å²) in [5, 5.41) is 15.4. The largest absolute Gasteiger partial charge is 0.351 e. The third kappa shape index (κ3) is 5.65. The van der Waals surface area contributed by atoms with Gasteiger partial charge in [0.1, 0.15) is 0 Å². The van der Waals surface area contributed by atoms with Crippen LogP contribution in [0.25, 0.3) is 0 Å². The molecule has 1 saturated heterocycles. The Balaban J connectivity index is 1.41. The first-order chi connectivity index (χ1) is 13.7. The van der Waals surface area contributed by atoms with E-state index in [-0.39, 0.29) is 11.8 Å². The zero-order valence-corrected chi connectivity index (χ0v) is 16.6. The average molecular weight is 397 g/mol. The van der Waals surface area contributed by atoms with Gasteiger partial charge in [0.2, 0.25) is 5.91 Å². The van der Waals surface area contributed by atoms with E-state index in [1.54, 1.807) is 11.4 Å². The molecule has 0 spiro atoms. The first kappa shape index (κ1) is 20.1. The summed E-state index contributed by atoms with van der Waals surface area (Å²) in [7, 11) is 0. The van der Waals surface area contributed by atoms with Crippen molar-refractivity contribution in [2.75, 3.05) is 32.7 Å². The van der Waals surface area contributed by atoms with Crippen molar-refractivity contribution in [1.82, 2.24) is 15.1 Å². The van der Waals surface area contributed by atoms with Crippen molar-refractivity contribution in [3.05, 3.63) is 57.8 Å². The van der Waals surface area contributed by atoms with Crippen LogP contribution in [0.15, 0.2) is 41.1 Å². The molecule has 3 rings (SSSR count). The van der Waals surface area contributed by atoms with Gasteiger partial charge in [0.05, 0.1) is 11.6 Å². The number of carbonyl (C=O) groups is 2. The Morgan fingerprint density at radius 1 is 1.11 bits per heavy atom. The molecule has 1 aliphatic rings. The molecule has 6 nitrogen and oxygen atoms in total. The van der Waals surface area contributed by atoms with Crippen molar-refractivity contribution in [2.45, 2.75) is 19.4 Å². The molecule has 2 aromatic rings. The minimum atomic E-state index is -0.126. The number of rotatable bonds is 6. The van der Waals surface area contributed by atoms with E-state index in [0.717, 1.165) is 32.6 Å². The summed E-state index contributed by atoms with van der Waals surface area (Å²) < 4.78 is 0. The standard InChI is InChI=1S/C21H24N4O2S/c22-14-17-2-4-18(5-3-17)15-24-9-1-10-25(12-11-24)20(26)6-8-23-21(27)19-7-13-28-16-19/h2-5,7,13,16H,1,6,8-12,15H2,(H,23,27). The number of thiophene rings is 1. The average Bonchev–Trinajstić information content (AvgIpc) is 3.16. The fraction of sp³-hybridized carbons (Fsp3) is 0.381. The van der Waals surface area contributed by atoms with Gasteiger partial charge >= 0.3 is 0 Å². The van der Waals surface area contributed by atoms with Crippen molar-refractivity contribution >= 4 is 23.2 Å². The van der Waals surface area contributed by atoms with Gasteiger partial charge in [0, 0.05) is 56.6 Å². The molecule has 28 heavy (non-hydrogen) atoms. The van der Waals surface area contributed by atoms with Gasteiger partial charge in [-0.25, -0.2) is 0 Å². The Bertz CT molecular complexity index is 827. The maximum absolute atomic E-state index is 12.5. The Morgan fingerprint density at radius 2 is 1.93 bits per heavy atom. The molecule has 7 heteroatoms. The van der Waals surface area contributed by atoms with Crippen LogP contribution in [0.4, 0.5) is 0 Å². The van der Waals surface area contributed by atoms with E-state index in [4.69, 9.17) is 5.26 Å². The van der Waals surface area contributed by atoms with Gasteiger partial charge in [0.15, 0.2) is 0 Å². The number of hydrogen-bond acceptors (Lipinski definition) is 5. The molecule has 1 aromatic carbocycles. The predicted molar refractivity (Wildman–Crippen MR) is 109 cm³/mol. The Hall–Kier alpha value is -2.69. The highest BCUT2D eigenvalue weighted by atomic mass is 32.1. The molecule has 0 radical (unpaired) electrons. The Kier molecular flexibility index (Phi) is 7.18. The number of nitrogens with zero attached hydrogens (tertiary/aromatic N) is 3. The molecule has 0 bridgehead atoms. The third-order valence-corrected chi connectivity index (χ3v) is 5.52. The summed E-state index contributed by atoms with van der Waals surface area (Å²) in [4.78, 5) is 28.6. The molecule has 2 heterocycles. The van der Waals surface area contributed by atoms with Crippen LogP contribution in [-0.2, 0) is 11.3 Å². The van der Waals surface area contributed by atoms with E-state index in [1.165, 1.54) is 16.9 Å². The topological polar surface area (TPSA) is 76.4 Å². The molecule has 0 atom stereocenters. The normalized spacial score (nSPS) is 14.9. The summed E-state index contributed by atoms with van der Waals surface area (Å²) in [6.07, 6.45) is 1.26. The predicted octanol–water partition coefficient (Wildman–Crippen LogP) is 2.47. The fourth-order valence-electron chi connectivity index (χ4n) is 3.26. The third-order valence-electron chi connectivity index (χ3n) is 4.84. The second kappa shape index (κ2) is 10.0. The summed E-state index contributed by atoms with van der Waals surface area (Å²) in [5.41, 5.74) is 2.49. The second-order valence-electron chi connectivity index (χ2n) is 6.84. The molecule has 1 aliphatic heterocycles. The molecule has 1 aromatic heterocycles. The van der Waals surface area contributed by atoms with Gasteiger partial charge in [-0.1, -0.05) is 12.1 Å². The molecule has 0 saturated carbocycles. The van der Waals surface area contributed by atoms with Crippen LogP contribution in [0.5, 0.6) is 0 Å². The Morgan fingerprint density at radius 3 is 2.64 bits per heavy atom. The number of nitrogens with one attached hydrogen (secondary N) is 1. The van der Waals surface area contributed by atoms with E-state index in [2.05, 4.69) is 16.3 Å². The smallest absolute Gasteiger partial charge is 0.252 e. The second-order valence-corrected chi connectivity index (χ2v) is 7.62. The van der Waals surface area contributed by atoms with Crippen LogP contribution in [0.1, 0.15) is 34.3 Å². The SMILES string of the molecule is N#Cc1ccc(CN2CCCN(C(=O)CCNC(=O)c3ccsc3)CC2)cc1. The lowest BCUT2D eigenvalue weighted by Gasteiger charge is -2.22. The summed E-state index contributed by atoms with van der Waals surface area (Å²) in [5.74, 6) is -0.0376. The van der Waals surface area contributed by atoms with E-state index in [0.29, 0.717) is 30.6 Å². The van der Waals surface area contributed by atoms with Crippen LogP contribution in [0, 0.1) is 11.3 Å². The molecular formula is C21H24N4O2S. The number of carbonyl (C=O) groups excluding carboxylic acids is 2. The maximum Gasteiger partial charge on any atom is 0.252 e. The summed E-state index contributed by atoms with van der Waals surface area (Å²) in [6, 6.07) is 11.6. The first-order valence-corrected chi connectivity index (χ1v) is 10.4. The fourth-order valence-corrected chi connectivity index (χ4v) is 3.89. The van der Waals surface area contributed by atoms with Gasteiger partial charge in [0.25, 0.3) is 5.91 Å². The summed E-state index contributed by atoms with van der Waals surface area (Å²) in [6.45, 7) is 4.41. The van der Waals surface area contributed by atoms with E-state index in [1.807, 2.05) is 34.5 Å². The molecule has 146 valence electrons. The van der Waals surface area contributed by atoms with Gasteiger partial charge in [-0.05, 0) is 35.6 Å². The van der Waals surface area contributed by atoms with Gasteiger partial charge in [-0.3, -0.25) is 14.5 Å². The number of hydrogen-bond donors (Lipinski definition) is 1. The van der Waals surface area contributed by atoms with Crippen molar-refractivity contribution < 1.29 is 9.59 Å². The molecular weight excluding hydrogens is 372 g/mol. The van der Waals surface area contributed by atoms with Crippen molar-refractivity contribution in [3.63, 3.8) is 0 Å². The molecule has 1 fully saturated rings. The highest BCUT2D eigenvalue weighted by molar-refractivity contribution is 7.08. The molecule has 2 amide bonds. The number of nitriles is 1. The quantitative estimate of drug-likeness (QED) is 0.814. The van der Waals surface area contributed by atoms with Crippen LogP contribution >= 0.6 is 11.3 Å². The lowest BCUT2D eigenvalue weighted by molar-refractivity contribution is -0.130. The lowest BCUT2D eigenvalue weighted by atomic mass is 10.1. The minimum absolute atomic E-state index is 0.0887. The lowest BCUT2D eigenvalue weighted by Crippen LogP contribution is -2.37. The highest BCUT2D eigenvalue weighted by Gasteiger charge is 2.19. The highest BCUT2D eigenvalue weighted by Crippen LogP contribution is 2.11. The molecule has 0 aliphatic carbocycles. The summed E-state index contributed by atoms with van der Waals surface area (Å²) >= 11 is 1.48. The van der Waals surface area contributed by atoms with Crippen LogP contribution in [0.3, 0.4) is 0 Å². The van der Waals surface area contributed by atoms with Gasteiger partial charge in [-0.15, -0.1) is 0 Å². The molecule has 0 unspecified atom stereocenters. The van der Waals surface area contributed by atoms with E-state index >= 15 is 0 Å². The van der Waals surface area contributed by atoms with E-state index < -0.39 is 0 Å². The van der Waals surface area contributed by atoms with Crippen molar-refractivity contribution in [3.8, 4) is 6.07 Å². The van der Waals surface area contributed by atoms with Gasteiger partial charge in [-0.2, -0.15) is 16.6 Å². The minimum Gasteiger partial charge on any atom is -0.351 e. The van der Waals surface area contributed by atoms with Crippen molar-refractivity contribution in [2.24, 2.45) is 0 Å². The molecule has 1 N–H and O–H groups in total. The van der Waals surface area contributed by atoms with Crippen LogP contribution in [-0.4, -0.2) is 54.3 Å². The van der Waals surface area contributed by atoms with Crippen LogP contribution < -0.4 is 5.32 Å².